The Kier molecular flexibility index (Phi) is 4.73. The minimum Gasteiger partial charge on any atom is -0.352 e. The molecule has 98 valence electrons. The molecule has 0 saturated heterocycles. The Bertz CT molecular complexity index is 480. The third kappa shape index (κ3) is 3.54. The molecule has 5 nitrogen and oxygen atoms in total. The SMILES string of the molecule is O=C(Cn1cncc(I)c1=O)NC1CCCCC1. The zero-order chi connectivity index (χ0) is 13.0. The van der Waals surface area contributed by atoms with Crippen LogP contribution in [-0.4, -0.2) is 21.5 Å². The standard InChI is InChI=1S/C12H16IN3O2/c13-10-6-14-8-16(12(10)18)7-11(17)15-9-4-2-1-3-5-9/h6,8-9H,1-5,7H2,(H,15,17). The molecule has 0 radical (unpaired) electrons. The van der Waals surface area contributed by atoms with Crippen molar-refractivity contribution in [2.24, 2.45) is 0 Å². The first-order chi connectivity index (χ1) is 8.66. The van der Waals surface area contributed by atoms with E-state index in [-0.39, 0.29) is 24.1 Å². The fraction of sp³-hybridized carbons (Fsp3) is 0.583. The Labute approximate surface area is 119 Å². The number of nitrogens with zero attached hydrogens (tertiary/aromatic N) is 2. The largest absolute Gasteiger partial charge is 0.352 e. The van der Waals surface area contributed by atoms with Crippen molar-refractivity contribution in [3.8, 4) is 0 Å². The highest BCUT2D eigenvalue weighted by molar-refractivity contribution is 14.1. The number of rotatable bonds is 3. The molecule has 2 rings (SSSR count). The molecule has 18 heavy (non-hydrogen) atoms. The summed E-state index contributed by atoms with van der Waals surface area (Å²) in [5.74, 6) is -0.104. The summed E-state index contributed by atoms with van der Waals surface area (Å²) >= 11 is 1.92. The van der Waals surface area contributed by atoms with Crippen LogP contribution in [0.3, 0.4) is 0 Å². The van der Waals surface area contributed by atoms with Crippen molar-refractivity contribution >= 4 is 28.5 Å². The van der Waals surface area contributed by atoms with Crippen LogP contribution < -0.4 is 10.9 Å². The smallest absolute Gasteiger partial charge is 0.267 e. The normalized spacial score (nSPS) is 16.5. The second kappa shape index (κ2) is 6.31. The highest BCUT2D eigenvalue weighted by atomic mass is 127. The lowest BCUT2D eigenvalue weighted by Crippen LogP contribution is -2.40. The van der Waals surface area contributed by atoms with Gasteiger partial charge in [-0.25, -0.2) is 4.98 Å². The maximum atomic E-state index is 11.8. The molecule has 0 spiro atoms. The summed E-state index contributed by atoms with van der Waals surface area (Å²) in [6, 6.07) is 0.276. The van der Waals surface area contributed by atoms with Gasteiger partial charge in [-0.1, -0.05) is 19.3 Å². The lowest BCUT2D eigenvalue weighted by atomic mass is 9.95. The van der Waals surface area contributed by atoms with Crippen molar-refractivity contribution in [1.82, 2.24) is 14.9 Å². The fourth-order valence-electron chi connectivity index (χ4n) is 2.21. The van der Waals surface area contributed by atoms with Crippen LogP contribution in [0.2, 0.25) is 0 Å². The van der Waals surface area contributed by atoms with Gasteiger partial charge in [0.25, 0.3) is 5.56 Å². The van der Waals surface area contributed by atoms with E-state index >= 15 is 0 Å². The fourth-order valence-corrected chi connectivity index (χ4v) is 2.68. The van der Waals surface area contributed by atoms with Crippen LogP contribution in [0.5, 0.6) is 0 Å². The summed E-state index contributed by atoms with van der Waals surface area (Å²) in [4.78, 5) is 27.5. The van der Waals surface area contributed by atoms with Gasteiger partial charge < -0.3 is 5.32 Å². The minimum absolute atomic E-state index is 0.0547. The highest BCUT2D eigenvalue weighted by Crippen LogP contribution is 2.17. The molecule has 6 heteroatoms. The zero-order valence-corrected chi connectivity index (χ0v) is 12.2. The van der Waals surface area contributed by atoms with E-state index in [4.69, 9.17) is 0 Å². The molecule has 1 amide bonds. The van der Waals surface area contributed by atoms with E-state index in [1.807, 2.05) is 22.6 Å². The molecule has 1 fully saturated rings. The molecule has 0 atom stereocenters. The summed E-state index contributed by atoms with van der Waals surface area (Å²) in [6.45, 7) is 0.0547. The summed E-state index contributed by atoms with van der Waals surface area (Å²) in [5.41, 5.74) is -0.163. The van der Waals surface area contributed by atoms with Crippen molar-refractivity contribution in [1.29, 1.82) is 0 Å². The van der Waals surface area contributed by atoms with E-state index in [0.717, 1.165) is 12.8 Å². The third-order valence-electron chi connectivity index (χ3n) is 3.14. The van der Waals surface area contributed by atoms with Crippen LogP contribution >= 0.6 is 22.6 Å². The molecule has 1 aliphatic carbocycles. The Balaban J connectivity index is 1.94. The van der Waals surface area contributed by atoms with Gasteiger partial charge in [0.2, 0.25) is 5.91 Å². The quantitative estimate of drug-likeness (QED) is 0.826. The van der Waals surface area contributed by atoms with Crippen LogP contribution in [0.15, 0.2) is 17.3 Å². The van der Waals surface area contributed by atoms with E-state index in [9.17, 15) is 9.59 Å². The van der Waals surface area contributed by atoms with Crippen LogP contribution in [0.4, 0.5) is 0 Å². The van der Waals surface area contributed by atoms with Gasteiger partial charge in [-0.3, -0.25) is 14.2 Å². The molecule has 1 aliphatic rings. The molecule has 0 bridgehead atoms. The number of halogens is 1. The molecular formula is C12H16IN3O2. The summed E-state index contributed by atoms with van der Waals surface area (Å²) < 4.78 is 1.88. The van der Waals surface area contributed by atoms with Crippen LogP contribution in [0.1, 0.15) is 32.1 Å². The zero-order valence-electron chi connectivity index (χ0n) is 10.1. The molecule has 0 aliphatic heterocycles. The summed E-state index contributed by atoms with van der Waals surface area (Å²) in [6.07, 6.45) is 8.61. The van der Waals surface area contributed by atoms with E-state index in [1.165, 1.54) is 36.4 Å². The van der Waals surface area contributed by atoms with Crippen LogP contribution in [-0.2, 0) is 11.3 Å². The first kappa shape index (κ1) is 13.5. The number of carbonyl (C=O) groups excluding carboxylic acids is 1. The van der Waals surface area contributed by atoms with Gasteiger partial charge in [0, 0.05) is 12.2 Å². The number of amides is 1. The number of carbonyl (C=O) groups is 1. The number of hydrogen-bond acceptors (Lipinski definition) is 3. The van der Waals surface area contributed by atoms with Gasteiger partial charge in [0.05, 0.1) is 9.90 Å². The monoisotopic (exact) mass is 361 g/mol. The van der Waals surface area contributed by atoms with Crippen molar-refractivity contribution in [2.45, 2.75) is 44.7 Å². The van der Waals surface area contributed by atoms with Gasteiger partial charge in [-0.15, -0.1) is 0 Å². The van der Waals surface area contributed by atoms with Crippen molar-refractivity contribution in [3.63, 3.8) is 0 Å². The molecular weight excluding hydrogens is 345 g/mol. The van der Waals surface area contributed by atoms with Gasteiger partial charge >= 0.3 is 0 Å². The maximum Gasteiger partial charge on any atom is 0.267 e. The van der Waals surface area contributed by atoms with E-state index in [0.29, 0.717) is 3.57 Å². The number of nitrogens with one attached hydrogen (secondary N) is 1. The summed E-state index contributed by atoms with van der Waals surface area (Å²) in [5, 5.41) is 2.99. The predicted octanol–water partition coefficient (Wildman–Crippen LogP) is 1.30. The van der Waals surface area contributed by atoms with Crippen molar-refractivity contribution in [2.75, 3.05) is 0 Å². The Hall–Kier alpha value is -0.920. The van der Waals surface area contributed by atoms with Gasteiger partial charge in [0.1, 0.15) is 6.54 Å². The molecule has 1 N–H and O–H groups in total. The molecule has 0 unspecified atom stereocenters. The average molecular weight is 361 g/mol. The second-order valence-corrected chi connectivity index (χ2v) is 5.74. The second-order valence-electron chi connectivity index (χ2n) is 4.58. The van der Waals surface area contributed by atoms with Crippen molar-refractivity contribution < 1.29 is 4.79 Å². The molecule has 1 aromatic heterocycles. The Morgan fingerprint density at radius 3 is 2.89 bits per heavy atom. The average Bonchev–Trinajstić information content (AvgIpc) is 2.36. The lowest BCUT2D eigenvalue weighted by molar-refractivity contribution is -0.122. The first-order valence-corrected chi connectivity index (χ1v) is 7.24. The highest BCUT2D eigenvalue weighted by Gasteiger charge is 2.16. The minimum atomic E-state index is -0.163. The van der Waals surface area contributed by atoms with E-state index < -0.39 is 0 Å². The van der Waals surface area contributed by atoms with E-state index in [2.05, 4.69) is 10.3 Å². The van der Waals surface area contributed by atoms with Crippen LogP contribution in [0.25, 0.3) is 0 Å². The number of aromatic nitrogens is 2. The molecule has 0 aromatic carbocycles. The van der Waals surface area contributed by atoms with Gasteiger partial charge in [0.15, 0.2) is 0 Å². The summed E-state index contributed by atoms with van der Waals surface area (Å²) in [7, 11) is 0. The van der Waals surface area contributed by atoms with Crippen LogP contribution in [0, 0.1) is 3.57 Å². The predicted molar refractivity (Wildman–Crippen MR) is 76.2 cm³/mol. The number of hydrogen-bond donors (Lipinski definition) is 1. The molecule has 1 saturated carbocycles. The maximum absolute atomic E-state index is 11.8. The van der Waals surface area contributed by atoms with Gasteiger partial charge in [-0.2, -0.15) is 0 Å². The molecule has 1 aromatic rings. The topological polar surface area (TPSA) is 64.0 Å². The molecule has 1 heterocycles. The lowest BCUT2D eigenvalue weighted by Gasteiger charge is -2.22. The van der Waals surface area contributed by atoms with Crippen molar-refractivity contribution in [3.05, 3.63) is 26.4 Å². The Morgan fingerprint density at radius 1 is 1.44 bits per heavy atom. The van der Waals surface area contributed by atoms with Gasteiger partial charge in [-0.05, 0) is 35.4 Å². The Morgan fingerprint density at radius 2 is 2.17 bits per heavy atom. The van der Waals surface area contributed by atoms with E-state index in [1.54, 1.807) is 0 Å². The first-order valence-electron chi connectivity index (χ1n) is 6.16. The third-order valence-corrected chi connectivity index (χ3v) is 3.88.